The Balaban J connectivity index is 2.07. The Labute approximate surface area is 126 Å². The average Bonchev–Trinajstić information content (AvgIpc) is 2.47. The van der Waals surface area contributed by atoms with Gasteiger partial charge in [0.2, 0.25) is 10.0 Å². The molecule has 4 nitrogen and oxygen atoms in total. The van der Waals surface area contributed by atoms with Crippen molar-refractivity contribution in [3.05, 3.63) is 29.3 Å². The summed E-state index contributed by atoms with van der Waals surface area (Å²) in [4.78, 5) is 2.66. The van der Waals surface area contributed by atoms with Gasteiger partial charge in [0.25, 0.3) is 0 Å². The third kappa shape index (κ3) is 3.34. The van der Waals surface area contributed by atoms with Crippen LogP contribution in [0.4, 0.5) is 0 Å². The van der Waals surface area contributed by atoms with Crippen molar-refractivity contribution in [1.29, 1.82) is 0 Å². The molecule has 6 heteroatoms. The molecule has 112 valence electrons. The van der Waals surface area contributed by atoms with Gasteiger partial charge in [-0.25, -0.2) is 8.42 Å². The van der Waals surface area contributed by atoms with Crippen LogP contribution < -0.4 is 0 Å². The van der Waals surface area contributed by atoms with Crippen molar-refractivity contribution in [3.8, 4) is 0 Å². The number of halogens is 1. The summed E-state index contributed by atoms with van der Waals surface area (Å²) < 4.78 is 26.6. The van der Waals surface area contributed by atoms with Gasteiger partial charge in [-0.1, -0.05) is 18.5 Å². The molecule has 0 spiro atoms. The highest BCUT2D eigenvalue weighted by atomic mass is 35.5. The summed E-state index contributed by atoms with van der Waals surface area (Å²) in [6, 6.07) is 6.88. The predicted octanol–water partition coefficient (Wildman–Crippen LogP) is 2.44. The highest BCUT2D eigenvalue weighted by Crippen LogP contribution is 2.20. The van der Waals surface area contributed by atoms with Gasteiger partial charge in [0.15, 0.2) is 0 Å². The zero-order valence-corrected chi connectivity index (χ0v) is 13.5. The van der Waals surface area contributed by atoms with E-state index in [0.29, 0.717) is 29.0 Å². The summed E-state index contributed by atoms with van der Waals surface area (Å²) >= 11 is 5.80. The predicted molar refractivity (Wildman–Crippen MR) is 81.5 cm³/mol. The molecule has 0 amide bonds. The molecule has 20 heavy (non-hydrogen) atoms. The van der Waals surface area contributed by atoms with Gasteiger partial charge in [-0.05, 0) is 37.6 Å². The lowest BCUT2D eigenvalue weighted by molar-refractivity contribution is 0.142. The van der Waals surface area contributed by atoms with Crippen LogP contribution in [0.2, 0.25) is 5.02 Å². The van der Waals surface area contributed by atoms with E-state index in [1.807, 2.05) is 0 Å². The number of sulfonamides is 1. The van der Waals surface area contributed by atoms with Crippen molar-refractivity contribution in [2.24, 2.45) is 0 Å². The van der Waals surface area contributed by atoms with Crippen LogP contribution in [0.1, 0.15) is 20.3 Å². The maximum absolute atomic E-state index is 12.5. The highest BCUT2D eigenvalue weighted by Gasteiger charge is 2.29. The number of hydrogen-bond acceptors (Lipinski definition) is 3. The number of rotatable bonds is 4. The van der Waals surface area contributed by atoms with E-state index in [-0.39, 0.29) is 0 Å². The molecule has 1 aromatic rings. The minimum absolute atomic E-state index is 0.318. The minimum Gasteiger partial charge on any atom is -0.298 e. The maximum Gasteiger partial charge on any atom is 0.243 e. The van der Waals surface area contributed by atoms with Crippen molar-refractivity contribution in [2.75, 3.05) is 26.2 Å². The van der Waals surface area contributed by atoms with Crippen LogP contribution in [0.25, 0.3) is 0 Å². The molecule has 0 radical (unpaired) electrons. The molecule has 1 fully saturated rings. The van der Waals surface area contributed by atoms with E-state index >= 15 is 0 Å². The van der Waals surface area contributed by atoms with E-state index in [4.69, 9.17) is 11.6 Å². The van der Waals surface area contributed by atoms with Gasteiger partial charge in [0, 0.05) is 37.2 Å². The number of piperazine rings is 1. The van der Waals surface area contributed by atoms with Crippen LogP contribution in [-0.2, 0) is 10.0 Å². The second-order valence-electron chi connectivity index (χ2n) is 5.15. The lowest BCUT2D eigenvalue weighted by Crippen LogP contribution is -2.51. The first-order valence-electron chi connectivity index (χ1n) is 6.95. The quantitative estimate of drug-likeness (QED) is 0.856. The smallest absolute Gasteiger partial charge is 0.243 e. The summed E-state index contributed by atoms with van der Waals surface area (Å²) in [5.41, 5.74) is 0. The summed E-state index contributed by atoms with van der Waals surface area (Å²) in [6.45, 7) is 7.03. The molecule has 1 heterocycles. The topological polar surface area (TPSA) is 40.6 Å². The minimum atomic E-state index is -3.39. The maximum atomic E-state index is 12.5. The van der Waals surface area contributed by atoms with E-state index < -0.39 is 10.0 Å². The largest absolute Gasteiger partial charge is 0.298 e. The van der Waals surface area contributed by atoms with Gasteiger partial charge in [-0.3, -0.25) is 4.90 Å². The molecular weight excluding hydrogens is 296 g/mol. The van der Waals surface area contributed by atoms with Crippen LogP contribution in [0.15, 0.2) is 29.2 Å². The van der Waals surface area contributed by atoms with Crippen molar-refractivity contribution >= 4 is 21.6 Å². The molecule has 2 rings (SSSR count). The first-order chi connectivity index (χ1) is 9.45. The molecule has 0 N–H and O–H groups in total. The fourth-order valence-corrected chi connectivity index (χ4v) is 3.95. The lowest BCUT2D eigenvalue weighted by Gasteiger charge is -2.37. The Morgan fingerprint density at radius 2 is 1.70 bits per heavy atom. The van der Waals surface area contributed by atoms with Crippen molar-refractivity contribution in [2.45, 2.75) is 31.2 Å². The molecule has 1 aromatic carbocycles. The normalized spacial score (nSPS) is 19.9. The molecule has 1 unspecified atom stereocenters. The lowest BCUT2D eigenvalue weighted by atomic mass is 10.2. The molecule has 0 aromatic heterocycles. The first kappa shape index (κ1) is 15.8. The Morgan fingerprint density at radius 1 is 1.15 bits per heavy atom. The molecule has 0 saturated carbocycles. The molecular formula is C14H21ClN2O2S. The van der Waals surface area contributed by atoms with Crippen LogP contribution >= 0.6 is 11.6 Å². The first-order valence-corrected chi connectivity index (χ1v) is 8.76. The van der Waals surface area contributed by atoms with E-state index in [9.17, 15) is 8.42 Å². The second kappa shape index (κ2) is 6.43. The molecule has 1 aliphatic rings. The zero-order valence-electron chi connectivity index (χ0n) is 11.9. The van der Waals surface area contributed by atoms with E-state index in [1.165, 1.54) is 0 Å². The molecule has 1 saturated heterocycles. The standard InChI is InChI=1S/C14H21ClN2O2S/c1-3-12(2)16-8-10-17(11-9-16)20(18,19)14-6-4-13(15)5-7-14/h4-7,12H,3,8-11H2,1-2H3. The van der Waals surface area contributed by atoms with Crippen molar-refractivity contribution in [3.63, 3.8) is 0 Å². The van der Waals surface area contributed by atoms with Crippen molar-refractivity contribution < 1.29 is 8.42 Å². The molecule has 1 atom stereocenters. The van der Waals surface area contributed by atoms with Gasteiger partial charge in [-0.15, -0.1) is 0 Å². The van der Waals surface area contributed by atoms with Crippen molar-refractivity contribution in [1.82, 2.24) is 9.21 Å². The molecule has 0 aliphatic carbocycles. The Kier molecular flexibility index (Phi) is 5.07. The highest BCUT2D eigenvalue weighted by molar-refractivity contribution is 7.89. The summed E-state index contributed by atoms with van der Waals surface area (Å²) in [6.07, 6.45) is 1.09. The Morgan fingerprint density at radius 3 is 2.20 bits per heavy atom. The Bertz CT molecular complexity index is 537. The van der Waals surface area contributed by atoms with Crippen LogP contribution in [0, 0.1) is 0 Å². The third-order valence-electron chi connectivity index (χ3n) is 3.94. The van der Waals surface area contributed by atoms with Gasteiger partial charge in [0.1, 0.15) is 0 Å². The number of hydrogen-bond donors (Lipinski definition) is 0. The monoisotopic (exact) mass is 316 g/mol. The molecule has 0 bridgehead atoms. The molecule has 1 aliphatic heterocycles. The summed E-state index contributed by atoms with van der Waals surface area (Å²) in [7, 11) is -3.39. The zero-order chi connectivity index (χ0) is 14.8. The fraction of sp³-hybridized carbons (Fsp3) is 0.571. The van der Waals surface area contributed by atoms with E-state index in [1.54, 1.807) is 28.6 Å². The average molecular weight is 317 g/mol. The second-order valence-corrected chi connectivity index (χ2v) is 7.53. The number of nitrogens with zero attached hydrogens (tertiary/aromatic N) is 2. The van der Waals surface area contributed by atoms with Gasteiger partial charge >= 0.3 is 0 Å². The fourth-order valence-electron chi connectivity index (χ4n) is 2.40. The number of benzene rings is 1. The Hall–Kier alpha value is -0.620. The van der Waals surface area contributed by atoms with Gasteiger partial charge < -0.3 is 0 Å². The van der Waals surface area contributed by atoms with E-state index in [2.05, 4.69) is 18.7 Å². The van der Waals surface area contributed by atoms with Gasteiger partial charge in [-0.2, -0.15) is 4.31 Å². The van der Waals surface area contributed by atoms with Crippen LogP contribution in [0.3, 0.4) is 0 Å². The summed E-state index contributed by atoms with van der Waals surface area (Å²) in [5.74, 6) is 0. The van der Waals surface area contributed by atoms with Crippen LogP contribution in [0.5, 0.6) is 0 Å². The van der Waals surface area contributed by atoms with E-state index in [0.717, 1.165) is 19.5 Å². The summed E-state index contributed by atoms with van der Waals surface area (Å²) in [5, 5.41) is 0.547. The van der Waals surface area contributed by atoms with Gasteiger partial charge in [0.05, 0.1) is 4.90 Å². The SMILES string of the molecule is CCC(C)N1CCN(S(=O)(=O)c2ccc(Cl)cc2)CC1. The van der Waals surface area contributed by atoms with Crippen LogP contribution in [-0.4, -0.2) is 49.8 Å². The third-order valence-corrected chi connectivity index (χ3v) is 6.10.